The number of anilines is 3. The Morgan fingerprint density at radius 2 is 1.74 bits per heavy atom. The van der Waals surface area contributed by atoms with E-state index in [1.165, 1.54) is 11.0 Å². The Labute approximate surface area is 233 Å². The zero-order chi connectivity index (χ0) is 27.7. The maximum absolute atomic E-state index is 15.1. The van der Waals surface area contributed by atoms with Gasteiger partial charge in [-0.15, -0.1) is 0 Å². The van der Waals surface area contributed by atoms with Crippen LogP contribution in [0, 0.1) is 17.5 Å². The molecular weight excluding hydrogens is 575 g/mol. The molecule has 2 N–H and O–H groups in total. The summed E-state index contributed by atoms with van der Waals surface area (Å²) in [5, 5.41) is 14.4. The predicted molar refractivity (Wildman–Crippen MR) is 148 cm³/mol. The summed E-state index contributed by atoms with van der Waals surface area (Å²) in [7, 11) is 1.55. The van der Waals surface area contributed by atoms with Crippen molar-refractivity contribution in [3.63, 3.8) is 0 Å². The summed E-state index contributed by atoms with van der Waals surface area (Å²) < 4.78 is 50.2. The minimum Gasteiger partial charge on any atom is -0.497 e. The molecule has 0 spiro atoms. The number of benzene rings is 3. The monoisotopic (exact) mass is 603 g/mol. The molecule has 206 valence electrons. The number of carbonyl (C=O) groups is 1. The van der Waals surface area contributed by atoms with Gasteiger partial charge in [0.05, 0.1) is 30.6 Å². The highest BCUT2D eigenvalue weighted by molar-refractivity contribution is 9.10. The molecule has 0 atom stereocenters. The fraction of sp³-hybridized carbons (Fsp3) is 0.345. The minimum atomic E-state index is -1.12. The average Bonchev–Trinajstić information content (AvgIpc) is 2.92. The van der Waals surface area contributed by atoms with Crippen molar-refractivity contribution >= 4 is 38.9 Å². The molecule has 0 aromatic heterocycles. The normalized spacial score (nSPS) is 16.7. The Kier molecular flexibility index (Phi) is 7.77. The molecule has 0 saturated carbocycles. The van der Waals surface area contributed by atoms with E-state index < -0.39 is 17.2 Å². The van der Waals surface area contributed by atoms with E-state index in [4.69, 9.17) is 4.74 Å². The van der Waals surface area contributed by atoms with Crippen LogP contribution in [-0.2, 0) is 17.8 Å². The first-order valence-corrected chi connectivity index (χ1v) is 13.6. The smallest absolute Gasteiger partial charge is 0.227 e. The highest BCUT2D eigenvalue weighted by Gasteiger charge is 2.35. The van der Waals surface area contributed by atoms with Crippen LogP contribution >= 0.6 is 15.9 Å². The third kappa shape index (κ3) is 5.72. The van der Waals surface area contributed by atoms with Crippen molar-refractivity contribution in [3.8, 4) is 5.75 Å². The van der Waals surface area contributed by atoms with Gasteiger partial charge in [-0.05, 0) is 55.2 Å². The van der Waals surface area contributed by atoms with Crippen LogP contribution in [0.3, 0.4) is 0 Å². The van der Waals surface area contributed by atoms with E-state index in [-0.39, 0.29) is 43.3 Å². The molecule has 2 heterocycles. The average molecular weight is 604 g/mol. The summed E-state index contributed by atoms with van der Waals surface area (Å²) in [5.74, 6) is -2.12. The van der Waals surface area contributed by atoms with Crippen LogP contribution in [-0.4, -0.2) is 43.4 Å². The van der Waals surface area contributed by atoms with Gasteiger partial charge in [0.15, 0.2) is 11.6 Å². The van der Waals surface area contributed by atoms with Crippen molar-refractivity contribution in [1.29, 1.82) is 0 Å². The first-order chi connectivity index (χ1) is 18.7. The van der Waals surface area contributed by atoms with Crippen LogP contribution in [0.2, 0.25) is 0 Å². The van der Waals surface area contributed by atoms with Gasteiger partial charge < -0.3 is 25.0 Å². The molecular formula is C29H29BrF3N3O3. The fourth-order valence-corrected chi connectivity index (χ4v) is 5.59. The molecule has 2 aliphatic rings. The minimum absolute atomic E-state index is 0.0721. The van der Waals surface area contributed by atoms with Crippen LogP contribution in [0.25, 0.3) is 0 Å². The summed E-state index contributed by atoms with van der Waals surface area (Å²) in [6, 6.07) is 13.0. The molecule has 10 heteroatoms. The molecule has 1 fully saturated rings. The van der Waals surface area contributed by atoms with Crippen LogP contribution in [0.4, 0.5) is 30.2 Å². The number of rotatable bonds is 7. The van der Waals surface area contributed by atoms with Crippen LogP contribution < -0.4 is 19.9 Å². The molecule has 3 aromatic carbocycles. The maximum Gasteiger partial charge on any atom is 0.227 e. The lowest BCUT2D eigenvalue weighted by molar-refractivity contribution is -0.119. The van der Waals surface area contributed by atoms with E-state index in [0.29, 0.717) is 53.1 Å². The molecule has 0 bridgehead atoms. The fourth-order valence-electron chi connectivity index (χ4n) is 5.25. The molecule has 3 aromatic rings. The molecule has 1 amide bonds. The molecule has 1 saturated heterocycles. The highest BCUT2D eigenvalue weighted by Crippen LogP contribution is 2.39. The second kappa shape index (κ2) is 11.1. The predicted octanol–water partition coefficient (Wildman–Crippen LogP) is 5.80. The third-order valence-corrected chi connectivity index (χ3v) is 8.00. The quantitative estimate of drug-likeness (QED) is 0.357. The second-order valence-corrected chi connectivity index (χ2v) is 11.0. The summed E-state index contributed by atoms with van der Waals surface area (Å²) in [4.78, 5) is 16.0. The van der Waals surface area contributed by atoms with Gasteiger partial charge in [0.1, 0.15) is 11.6 Å². The Hall–Kier alpha value is -3.24. The topological polar surface area (TPSA) is 65.0 Å². The summed E-state index contributed by atoms with van der Waals surface area (Å²) in [6.07, 6.45) is 1.13. The Bertz CT molecular complexity index is 1380. The SMILES string of the molecule is COc1ccc(CN2C(=O)CCc3c(NCC4(O)CCN(c5ccc(Br)cc5F)CC4)cc(F)c(F)c32)cc1. The molecule has 0 radical (unpaired) electrons. The number of nitrogens with one attached hydrogen (secondary N) is 1. The zero-order valence-electron chi connectivity index (χ0n) is 21.4. The number of amides is 1. The van der Waals surface area contributed by atoms with Gasteiger partial charge in [0.25, 0.3) is 0 Å². The Morgan fingerprint density at radius 1 is 1.03 bits per heavy atom. The molecule has 6 nitrogen and oxygen atoms in total. The largest absolute Gasteiger partial charge is 0.497 e. The van der Waals surface area contributed by atoms with Crippen LogP contribution in [0.1, 0.15) is 30.4 Å². The first kappa shape index (κ1) is 27.3. The van der Waals surface area contributed by atoms with E-state index in [1.54, 1.807) is 43.5 Å². The highest BCUT2D eigenvalue weighted by atomic mass is 79.9. The summed E-state index contributed by atoms with van der Waals surface area (Å²) >= 11 is 3.26. The number of fused-ring (bicyclic) bond motifs is 1. The van der Waals surface area contributed by atoms with Crippen LogP contribution in [0.15, 0.2) is 53.0 Å². The maximum atomic E-state index is 15.1. The number of ether oxygens (including phenoxy) is 1. The van der Waals surface area contributed by atoms with Gasteiger partial charge in [-0.3, -0.25) is 4.79 Å². The van der Waals surface area contributed by atoms with E-state index in [2.05, 4.69) is 21.2 Å². The van der Waals surface area contributed by atoms with E-state index in [9.17, 15) is 18.7 Å². The standard InChI is InChI=1S/C29H29BrF3N3O3/c1-39-20-5-2-18(3-6-20)16-36-26(37)9-7-21-24(15-23(32)27(33)28(21)36)34-17-29(38)10-12-35(13-11-29)25-8-4-19(30)14-22(25)31/h2-6,8,14-15,34,38H,7,9-13,16-17H2,1H3. The lowest BCUT2D eigenvalue weighted by atomic mass is 9.90. The number of hydrogen-bond donors (Lipinski definition) is 2. The Balaban J connectivity index is 1.32. The van der Waals surface area contributed by atoms with Gasteiger partial charge >= 0.3 is 0 Å². The first-order valence-electron chi connectivity index (χ1n) is 12.8. The van der Waals surface area contributed by atoms with Gasteiger partial charge in [0.2, 0.25) is 5.91 Å². The number of piperidine rings is 1. The number of methoxy groups -OCH3 is 1. The van der Waals surface area contributed by atoms with Crippen molar-refractivity contribution in [2.75, 3.05) is 41.9 Å². The van der Waals surface area contributed by atoms with Crippen molar-refractivity contribution in [2.24, 2.45) is 0 Å². The summed E-state index contributed by atoms with van der Waals surface area (Å²) in [6.45, 7) is 1.07. The number of halogens is 4. The number of carbonyl (C=O) groups excluding carboxylic acids is 1. The molecule has 0 aliphatic carbocycles. The van der Waals surface area contributed by atoms with Crippen LogP contribution in [0.5, 0.6) is 5.75 Å². The van der Waals surface area contributed by atoms with E-state index in [0.717, 1.165) is 11.6 Å². The van der Waals surface area contributed by atoms with Gasteiger partial charge in [-0.25, -0.2) is 13.2 Å². The molecule has 2 aliphatic heterocycles. The molecule has 5 rings (SSSR count). The second-order valence-electron chi connectivity index (χ2n) is 10.0. The van der Waals surface area contributed by atoms with E-state index in [1.807, 2.05) is 4.90 Å². The van der Waals surface area contributed by atoms with Crippen molar-refractivity contribution < 1.29 is 27.8 Å². The van der Waals surface area contributed by atoms with Crippen molar-refractivity contribution in [3.05, 3.63) is 81.6 Å². The third-order valence-electron chi connectivity index (χ3n) is 7.51. The van der Waals surface area contributed by atoms with Gasteiger partial charge in [-0.2, -0.15) is 0 Å². The Morgan fingerprint density at radius 3 is 2.41 bits per heavy atom. The van der Waals surface area contributed by atoms with Gasteiger partial charge in [-0.1, -0.05) is 28.1 Å². The number of nitrogens with zero attached hydrogens (tertiary/aromatic N) is 2. The number of hydrogen-bond acceptors (Lipinski definition) is 5. The van der Waals surface area contributed by atoms with Crippen molar-refractivity contribution in [2.45, 2.75) is 37.8 Å². The van der Waals surface area contributed by atoms with Crippen molar-refractivity contribution in [1.82, 2.24) is 0 Å². The van der Waals surface area contributed by atoms with Gasteiger partial charge in [0, 0.05) is 47.8 Å². The lowest BCUT2D eigenvalue weighted by Gasteiger charge is -2.40. The molecule has 0 unspecified atom stereocenters. The molecule has 39 heavy (non-hydrogen) atoms. The number of aliphatic hydroxyl groups is 1. The van der Waals surface area contributed by atoms with E-state index >= 15 is 4.39 Å². The lowest BCUT2D eigenvalue weighted by Crippen LogP contribution is -2.48. The summed E-state index contributed by atoms with van der Waals surface area (Å²) in [5.41, 5.74) is 0.888. The zero-order valence-corrected chi connectivity index (χ0v) is 23.0.